The van der Waals surface area contributed by atoms with Crippen molar-refractivity contribution in [3.05, 3.63) is 46.4 Å². The molecule has 1 aromatic carbocycles. The lowest BCUT2D eigenvalue weighted by molar-refractivity contribution is -0.137. The van der Waals surface area contributed by atoms with Gasteiger partial charge in [-0.2, -0.15) is 18.2 Å². The maximum Gasteiger partial charge on any atom is 0.416 e. The molecule has 13 heteroatoms. The Morgan fingerprint density at radius 1 is 1.17 bits per heavy atom. The Hall–Kier alpha value is -3.45. The highest BCUT2D eigenvalue weighted by Gasteiger charge is 2.31. The van der Waals surface area contributed by atoms with Crippen LogP contribution in [0.5, 0.6) is 0 Å². The number of nitrogens with one attached hydrogen (secondary N) is 1. The van der Waals surface area contributed by atoms with Gasteiger partial charge in [-0.05, 0) is 37.7 Å². The van der Waals surface area contributed by atoms with Crippen molar-refractivity contribution in [3.63, 3.8) is 0 Å². The molecule has 2 aliphatic heterocycles. The molecule has 0 aliphatic carbocycles. The van der Waals surface area contributed by atoms with Gasteiger partial charge in [-0.25, -0.2) is 0 Å². The van der Waals surface area contributed by atoms with Crippen LogP contribution in [0.2, 0.25) is 0 Å². The third-order valence-corrected chi connectivity index (χ3v) is 5.82. The number of fused-ring (bicyclic) bond motifs is 3. The van der Waals surface area contributed by atoms with Crippen molar-refractivity contribution in [2.24, 2.45) is 0 Å². The number of anilines is 2. The summed E-state index contributed by atoms with van der Waals surface area (Å²) in [6.07, 6.45) is -3.74. The van der Waals surface area contributed by atoms with Crippen molar-refractivity contribution >= 4 is 23.7 Å². The minimum atomic E-state index is -4.48. The number of morpholine rings is 1. The molecule has 2 aromatic heterocycles. The fraction of sp³-hybridized carbons (Fsp3) is 0.455. The van der Waals surface area contributed by atoms with Crippen molar-refractivity contribution < 1.29 is 22.7 Å². The average Bonchev–Trinajstić information content (AvgIpc) is 3.41. The number of carbonyl (C=O) groups excluding carboxylic acids is 1. The fourth-order valence-corrected chi connectivity index (χ4v) is 4.01. The number of rotatable bonds is 4. The van der Waals surface area contributed by atoms with Gasteiger partial charge in [0.1, 0.15) is 11.6 Å². The van der Waals surface area contributed by atoms with Crippen molar-refractivity contribution in [1.29, 1.82) is 0 Å². The number of alkyl halides is 3. The summed E-state index contributed by atoms with van der Waals surface area (Å²) in [6, 6.07) is 3.41. The summed E-state index contributed by atoms with van der Waals surface area (Å²) in [5.41, 5.74) is 6.81. The summed E-state index contributed by atoms with van der Waals surface area (Å²) in [6.45, 7) is 6.60. The number of nitrogens with two attached hydrogens (primary N) is 1. The molecule has 5 rings (SSSR count). The number of amides is 1. The molecule has 0 bridgehead atoms. The van der Waals surface area contributed by atoms with E-state index in [0.29, 0.717) is 36.1 Å². The quantitative estimate of drug-likeness (QED) is 0.420. The first-order valence-corrected chi connectivity index (χ1v) is 11.1. The van der Waals surface area contributed by atoms with Crippen LogP contribution in [-0.4, -0.2) is 69.1 Å². The average molecular weight is 493 g/mol. The minimum absolute atomic E-state index is 0.0282. The number of halogens is 3. The molecule has 3 N–H and O–H groups in total. The summed E-state index contributed by atoms with van der Waals surface area (Å²) in [5.74, 6) is 1.45. The van der Waals surface area contributed by atoms with Crippen LogP contribution in [-0.2, 0) is 35.3 Å². The van der Waals surface area contributed by atoms with Crippen LogP contribution in [0.3, 0.4) is 0 Å². The van der Waals surface area contributed by atoms with Gasteiger partial charge in [0.2, 0.25) is 6.41 Å². The van der Waals surface area contributed by atoms with E-state index in [1.807, 2.05) is 0 Å². The lowest BCUT2D eigenvalue weighted by Gasteiger charge is -2.21. The zero-order chi connectivity index (χ0) is 25.2. The molecular weight excluding hydrogens is 465 g/mol. The molecule has 1 fully saturated rings. The molecule has 0 unspecified atom stereocenters. The van der Waals surface area contributed by atoms with Crippen LogP contribution < -0.4 is 11.1 Å². The third kappa shape index (κ3) is 5.62. The van der Waals surface area contributed by atoms with Gasteiger partial charge in [0.05, 0.1) is 37.6 Å². The lowest BCUT2D eigenvalue weighted by Crippen LogP contribution is -2.32. The zero-order valence-corrected chi connectivity index (χ0v) is 19.5. The Labute approximate surface area is 199 Å². The highest BCUT2D eigenvalue weighted by atomic mass is 19.4. The minimum Gasteiger partial charge on any atom is -0.399 e. The first-order valence-electron chi connectivity index (χ1n) is 11.1. The lowest BCUT2D eigenvalue weighted by atomic mass is 10.1. The number of carbonyl (C=O) groups is 1. The number of benzene rings is 1. The van der Waals surface area contributed by atoms with Crippen LogP contribution in [0.15, 0.2) is 18.2 Å². The van der Waals surface area contributed by atoms with Crippen LogP contribution in [0, 0.1) is 6.92 Å². The molecule has 35 heavy (non-hydrogen) atoms. The van der Waals surface area contributed by atoms with Gasteiger partial charge < -0.3 is 25.6 Å². The monoisotopic (exact) mass is 492 g/mol. The van der Waals surface area contributed by atoms with Gasteiger partial charge in [-0.3, -0.25) is 9.20 Å². The Balaban J connectivity index is 0.000000356. The number of nitrogens with zero attached hydrogens (tertiary/aromatic N) is 6. The molecule has 0 spiro atoms. The van der Waals surface area contributed by atoms with Gasteiger partial charge in [0.25, 0.3) is 5.78 Å². The molecule has 0 radical (unpaired) electrons. The Kier molecular flexibility index (Phi) is 7.08. The van der Waals surface area contributed by atoms with Crippen molar-refractivity contribution in [3.8, 4) is 0 Å². The predicted molar refractivity (Wildman–Crippen MR) is 122 cm³/mol. The van der Waals surface area contributed by atoms with Gasteiger partial charge >= 0.3 is 6.18 Å². The van der Waals surface area contributed by atoms with E-state index in [-0.39, 0.29) is 12.2 Å². The van der Waals surface area contributed by atoms with E-state index in [0.717, 1.165) is 56.1 Å². The van der Waals surface area contributed by atoms with E-state index < -0.39 is 11.7 Å². The van der Waals surface area contributed by atoms with Crippen LogP contribution >= 0.6 is 0 Å². The van der Waals surface area contributed by atoms with Crippen molar-refractivity contribution in [1.82, 2.24) is 29.4 Å². The molecule has 188 valence electrons. The highest BCUT2D eigenvalue weighted by molar-refractivity contribution is 5.59. The number of aromatic nitrogens is 4. The number of hydrogen-bond acceptors (Lipinski definition) is 8. The Morgan fingerprint density at radius 2 is 1.91 bits per heavy atom. The Morgan fingerprint density at radius 3 is 2.54 bits per heavy atom. The first kappa shape index (κ1) is 24.7. The number of aryl methyl sites for hydroxylation is 1. The van der Waals surface area contributed by atoms with Crippen LogP contribution in [0.4, 0.5) is 24.7 Å². The van der Waals surface area contributed by atoms with E-state index in [1.165, 1.54) is 6.07 Å². The van der Waals surface area contributed by atoms with E-state index in [1.54, 1.807) is 16.2 Å². The largest absolute Gasteiger partial charge is 0.416 e. The highest BCUT2D eigenvalue weighted by Crippen LogP contribution is 2.32. The standard InChI is InChI=1S/C17H16F3N7O.C5H11NO/c1-9-24-25-16-23-15(13-6-26(8-28)7-14(13)27(9)16)22-5-10-2-11(17(18,19)20)4-12(21)3-10;1-6-2-4-7-5-3-6/h2-4,8H,5-7,21H2,1H3,(H,22,23,25);2-5H2,1H3. The van der Waals surface area contributed by atoms with Crippen molar-refractivity contribution in [2.45, 2.75) is 32.7 Å². The number of ether oxygens (including phenoxy) is 1. The summed E-state index contributed by atoms with van der Waals surface area (Å²) in [7, 11) is 2.11. The molecule has 0 atom stereocenters. The van der Waals surface area contributed by atoms with E-state index in [2.05, 4.69) is 32.4 Å². The molecule has 0 saturated carbocycles. The first-order chi connectivity index (χ1) is 16.7. The second kappa shape index (κ2) is 10.0. The SMILES string of the molecule is CN1CCOCC1.Cc1nnc2nc(NCc3cc(N)cc(C(F)(F)F)c3)c3c(n12)CN(C=O)C3. The maximum atomic E-state index is 13.0. The summed E-state index contributed by atoms with van der Waals surface area (Å²) in [5, 5.41) is 11.1. The smallest absolute Gasteiger partial charge is 0.399 e. The van der Waals surface area contributed by atoms with Crippen molar-refractivity contribution in [2.75, 3.05) is 44.4 Å². The molecule has 3 aromatic rings. The number of likely N-dealkylation sites (N-methyl/N-ethyl adjacent to an activating group) is 1. The van der Waals surface area contributed by atoms with Gasteiger partial charge in [-0.15, -0.1) is 10.2 Å². The summed E-state index contributed by atoms with van der Waals surface area (Å²) >= 11 is 0. The summed E-state index contributed by atoms with van der Waals surface area (Å²) in [4.78, 5) is 19.5. The van der Waals surface area contributed by atoms with E-state index >= 15 is 0 Å². The van der Waals surface area contributed by atoms with E-state index in [9.17, 15) is 18.0 Å². The molecule has 10 nitrogen and oxygen atoms in total. The van der Waals surface area contributed by atoms with Crippen LogP contribution in [0.1, 0.15) is 28.2 Å². The zero-order valence-electron chi connectivity index (χ0n) is 19.5. The molecule has 2 aliphatic rings. The van der Waals surface area contributed by atoms with E-state index in [4.69, 9.17) is 10.5 Å². The second-order valence-electron chi connectivity index (χ2n) is 8.51. The fourth-order valence-electron chi connectivity index (χ4n) is 4.01. The number of nitrogen functional groups attached to an aromatic ring is 1. The topological polar surface area (TPSA) is 114 Å². The number of hydrogen-bond donors (Lipinski definition) is 2. The Bertz CT molecular complexity index is 1210. The molecule has 1 amide bonds. The molecule has 4 heterocycles. The van der Waals surface area contributed by atoms with Crippen LogP contribution in [0.25, 0.3) is 5.78 Å². The second-order valence-corrected chi connectivity index (χ2v) is 8.51. The predicted octanol–water partition coefficient (Wildman–Crippen LogP) is 2.07. The van der Waals surface area contributed by atoms with Gasteiger partial charge in [0, 0.05) is 30.9 Å². The van der Waals surface area contributed by atoms with Gasteiger partial charge in [-0.1, -0.05) is 0 Å². The van der Waals surface area contributed by atoms with Gasteiger partial charge in [0.15, 0.2) is 0 Å². The third-order valence-electron chi connectivity index (χ3n) is 5.82. The summed E-state index contributed by atoms with van der Waals surface area (Å²) < 4.78 is 45.9. The molecule has 1 saturated heterocycles. The normalized spacial score (nSPS) is 16.1. The molecular formula is C22H27F3N8O2. The maximum absolute atomic E-state index is 13.0.